The van der Waals surface area contributed by atoms with Crippen LogP contribution in [0.4, 0.5) is 14.8 Å². The third-order valence-corrected chi connectivity index (χ3v) is 5.81. The van der Waals surface area contributed by atoms with Gasteiger partial charge in [0, 0.05) is 30.1 Å². The van der Waals surface area contributed by atoms with Gasteiger partial charge in [-0.1, -0.05) is 5.10 Å². The molecule has 0 saturated carbocycles. The Kier molecular flexibility index (Phi) is 5.74. The van der Waals surface area contributed by atoms with Crippen molar-refractivity contribution in [3.05, 3.63) is 66.1 Å². The molecule has 0 spiro atoms. The first-order valence-corrected chi connectivity index (χ1v) is 10.8. The van der Waals surface area contributed by atoms with E-state index in [1.807, 2.05) is 0 Å². The molecule has 5 rings (SSSR count). The van der Waals surface area contributed by atoms with Gasteiger partial charge in [-0.05, 0) is 61.4 Å². The van der Waals surface area contributed by atoms with Gasteiger partial charge in [0.15, 0.2) is 11.6 Å². The first-order chi connectivity index (χ1) is 16.5. The number of hydrogen-bond acceptors (Lipinski definition) is 7. The number of benzene rings is 2. The molecule has 0 bridgehead atoms. The Hall–Kier alpha value is -4.15. The van der Waals surface area contributed by atoms with E-state index in [-0.39, 0.29) is 36.0 Å². The molecule has 11 heteroatoms. The summed E-state index contributed by atoms with van der Waals surface area (Å²) in [5, 5.41) is 12.1. The van der Waals surface area contributed by atoms with E-state index < -0.39 is 0 Å². The summed E-state index contributed by atoms with van der Waals surface area (Å²) in [5.41, 5.74) is 6.73. The van der Waals surface area contributed by atoms with Crippen LogP contribution in [0.2, 0.25) is 0 Å². The topological polar surface area (TPSA) is 116 Å². The molecule has 1 aliphatic rings. The summed E-state index contributed by atoms with van der Waals surface area (Å²) in [6.45, 7) is 1.01. The van der Waals surface area contributed by atoms with Gasteiger partial charge in [-0.2, -0.15) is 0 Å². The minimum atomic E-state index is -0.379. The molecule has 174 valence electrons. The number of likely N-dealkylation sites (tertiary alicyclic amines) is 1. The highest BCUT2D eigenvalue weighted by molar-refractivity contribution is 5.77. The van der Waals surface area contributed by atoms with Crippen LogP contribution in [0.15, 0.2) is 52.9 Å². The van der Waals surface area contributed by atoms with Crippen LogP contribution < -0.4 is 5.73 Å². The van der Waals surface area contributed by atoms with E-state index in [1.54, 1.807) is 29.2 Å². The van der Waals surface area contributed by atoms with Gasteiger partial charge in [0.05, 0.1) is 0 Å². The number of aromatic nitrogens is 5. The minimum Gasteiger partial charge on any atom is -0.408 e. The summed E-state index contributed by atoms with van der Waals surface area (Å²) >= 11 is 0. The Morgan fingerprint density at radius 3 is 2.18 bits per heavy atom. The van der Waals surface area contributed by atoms with E-state index in [0.717, 1.165) is 0 Å². The SMILES string of the molecule is Nc1nnc(C2CCN(C(=O)Cn3nc(-c4ccc(F)cc4)nc3-c3ccc(F)cc3)CC2)o1. The maximum atomic E-state index is 13.5. The lowest BCUT2D eigenvalue weighted by molar-refractivity contribution is -0.133. The lowest BCUT2D eigenvalue weighted by atomic mass is 9.97. The van der Waals surface area contributed by atoms with Gasteiger partial charge in [-0.3, -0.25) is 4.79 Å². The highest BCUT2D eigenvalue weighted by Crippen LogP contribution is 2.28. The highest BCUT2D eigenvalue weighted by Gasteiger charge is 2.28. The van der Waals surface area contributed by atoms with Crippen molar-refractivity contribution >= 4 is 11.9 Å². The second kappa shape index (κ2) is 9.00. The fraction of sp³-hybridized carbons (Fsp3) is 0.261. The molecular weight excluding hydrogens is 444 g/mol. The molecule has 34 heavy (non-hydrogen) atoms. The fourth-order valence-corrected chi connectivity index (χ4v) is 4.00. The van der Waals surface area contributed by atoms with E-state index in [1.165, 1.54) is 28.9 Å². The molecule has 0 aliphatic carbocycles. The minimum absolute atomic E-state index is 0.0324. The van der Waals surface area contributed by atoms with Crippen LogP contribution in [-0.2, 0) is 11.3 Å². The van der Waals surface area contributed by atoms with Crippen LogP contribution in [0.5, 0.6) is 0 Å². The molecule has 2 aromatic heterocycles. The molecule has 4 aromatic rings. The van der Waals surface area contributed by atoms with Gasteiger partial charge >= 0.3 is 6.01 Å². The summed E-state index contributed by atoms with van der Waals surface area (Å²) in [6.07, 6.45) is 1.35. The van der Waals surface area contributed by atoms with Crippen LogP contribution in [-0.4, -0.2) is 48.9 Å². The van der Waals surface area contributed by atoms with Crippen molar-refractivity contribution < 1.29 is 18.0 Å². The first-order valence-electron chi connectivity index (χ1n) is 10.8. The number of nitrogen functional groups attached to an aromatic ring is 1. The average Bonchev–Trinajstić information content (AvgIpc) is 3.47. The number of halogens is 2. The molecular formula is C23H21F2N7O2. The molecule has 2 N–H and O–H groups in total. The number of rotatable bonds is 5. The number of anilines is 1. The maximum absolute atomic E-state index is 13.5. The third kappa shape index (κ3) is 4.49. The van der Waals surface area contributed by atoms with Crippen molar-refractivity contribution in [2.24, 2.45) is 0 Å². The van der Waals surface area contributed by atoms with E-state index in [0.29, 0.717) is 54.6 Å². The smallest absolute Gasteiger partial charge is 0.312 e. The Balaban J connectivity index is 1.36. The predicted molar refractivity (Wildman–Crippen MR) is 118 cm³/mol. The van der Waals surface area contributed by atoms with Crippen molar-refractivity contribution in [3.8, 4) is 22.8 Å². The molecule has 0 unspecified atom stereocenters. The Labute approximate surface area is 193 Å². The Morgan fingerprint density at radius 2 is 1.59 bits per heavy atom. The molecule has 1 saturated heterocycles. The Bertz CT molecular complexity index is 1290. The van der Waals surface area contributed by atoms with Gasteiger partial charge in [-0.15, -0.1) is 10.2 Å². The zero-order chi connectivity index (χ0) is 23.7. The summed E-state index contributed by atoms with van der Waals surface area (Å²) in [6, 6.07) is 11.6. The number of piperidine rings is 1. The third-order valence-electron chi connectivity index (χ3n) is 5.81. The second-order valence-electron chi connectivity index (χ2n) is 8.06. The zero-order valence-electron chi connectivity index (χ0n) is 18.1. The second-order valence-corrected chi connectivity index (χ2v) is 8.06. The number of hydrogen-bond donors (Lipinski definition) is 1. The number of carbonyl (C=O) groups excluding carboxylic acids is 1. The zero-order valence-corrected chi connectivity index (χ0v) is 18.1. The molecule has 3 heterocycles. The van der Waals surface area contributed by atoms with Crippen molar-refractivity contribution in [1.29, 1.82) is 0 Å². The largest absolute Gasteiger partial charge is 0.408 e. The first kappa shape index (κ1) is 21.7. The summed E-state index contributed by atoms with van der Waals surface area (Å²) in [5.74, 6) is 0.439. The van der Waals surface area contributed by atoms with Gasteiger partial charge < -0.3 is 15.1 Å². The lowest BCUT2D eigenvalue weighted by Crippen LogP contribution is -2.40. The van der Waals surface area contributed by atoms with Gasteiger partial charge in [0.25, 0.3) is 0 Å². The monoisotopic (exact) mass is 465 g/mol. The maximum Gasteiger partial charge on any atom is 0.312 e. The van der Waals surface area contributed by atoms with Gasteiger partial charge in [-0.25, -0.2) is 18.4 Å². The molecule has 2 aromatic carbocycles. The standard InChI is InChI=1S/C23H21F2N7O2/c24-17-5-1-14(2-6-17)20-27-21(15-3-7-18(25)8-4-15)32(30-20)13-19(33)31-11-9-16(10-12-31)22-28-29-23(26)34-22/h1-8,16H,9-13H2,(H2,26,29). The molecule has 1 aliphatic heterocycles. The van der Waals surface area contributed by atoms with Gasteiger partial charge in [0.1, 0.15) is 18.2 Å². The molecule has 0 radical (unpaired) electrons. The van der Waals surface area contributed by atoms with E-state index in [9.17, 15) is 13.6 Å². The highest BCUT2D eigenvalue weighted by atomic mass is 19.1. The van der Waals surface area contributed by atoms with E-state index in [2.05, 4.69) is 20.3 Å². The van der Waals surface area contributed by atoms with Crippen LogP contribution in [0.25, 0.3) is 22.8 Å². The lowest BCUT2D eigenvalue weighted by Gasteiger charge is -2.30. The quantitative estimate of drug-likeness (QED) is 0.481. The molecule has 0 atom stereocenters. The van der Waals surface area contributed by atoms with Crippen LogP contribution >= 0.6 is 0 Å². The van der Waals surface area contributed by atoms with E-state index in [4.69, 9.17) is 10.2 Å². The van der Waals surface area contributed by atoms with Crippen molar-refractivity contribution in [2.45, 2.75) is 25.3 Å². The van der Waals surface area contributed by atoms with Gasteiger partial charge in [0.2, 0.25) is 11.8 Å². The fourth-order valence-electron chi connectivity index (χ4n) is 4.00. The normalized spacial score (nSPS) is 14.5. The number of carbonyl (C=O) groups is 1. The molecule has 1 fully saturated rings. The number of nitrogens with two attached hydrogens (primary N) is 1. The Morgan fingerprint density at radius 1 is 0.971 bits per heavy atom. The number of amides is 1. The summed E-state index contributed by atoms with van der Waals surface area (Å²) in [7, 11) is 0. The van der Waals surface area contributed by atoms with Crippen molar-refractivity contribution in [2.75, 3.05) is 18.8 Å². The van der Waals surface area contributed by atoms with Crippen LogP contribution in [0.3, 0.4) is 0 Å². The van der Waals surface area contributed by atoms with Crippen LogP contribution in [0, 0.1) is 11.6 Å². The molecule has 9 nitrogen and oxygen atoms in total. The number of nitrogens with zero attached hydrogens (tertiary/aromatic N) is 6. The average molecular weight is 465 g/mol. The summed E-state index contributed by atoms with van der Waals surface area (Å²) < 4.78 is 33.6. The van der Waals surface area contributed by atoms with Crippen molar-refractivity contribution in [3.63, 3.8) is 0 Å². The van der Waals surface area contributed by atoms with E-state index >= 15 is 0 Å². The summed E-state index contributed by atoms with van der Waals surface area (Å²) in [4.78, 5) is 19.4. The van der Waals surface area contributed by atoms with Crippen LogP contribution in [0.1, 0.15) is 24.7 Å². The predicted octanol–water partition coefficient (Wildman–Crippen LogP) is 3.26. The van der Waals surface area contributed by atoms with Crippen molar-refractivity contribution in [1.82, 2.24) is 29.9 Å². The molecule has 1 amide bonds.